The molecule has 0 atom stereocenters. The van der Waals surface area contributed by atoms with Gasteiger partial charge < -0.3 is 14.6 Å². The van der Waals surface area contributed by atoms with Crippen molar-refractivity contribution >= 4 is 5.91 Å². The predicted molar refractivity (Wildman–Crippen MR) is 91.6 cm³/mol. The van der Waals surface area contributed by atoms with Gasteiger partial charge in [0.25, 0.3) is 5.91 Å². The Morgan fingerprint density at radius 1 is 1.21 bits per heavy atom. The molecule has 0 unspecified atom stereocenters. The zero-order valence-corrected chi connectivity index (χ0v) is 14.6. The SMILES string of the molecule is O=C(NCc1ccc(-n2ccc(C(F)(F)F)n2)cc1)c1cnc2n1CCOC2. The second kappa shape index (κ2) is 7.12. The van der Waals surface area contributed by atoms with Crippen molar-refractivity contribution in [1.82, 2.24) is 24.6 Å². The summed E-state index contributed by atoms with van der Waals surface area (Å²) in [6, 6.07) is 7.67. The molecule has 1 aliphatic heterocycles. The van der Waals surface area contributed by atoms with Gasteiger partial charge in [0, 0.05) is 19.3 Å². The number of hydrogen-bond donors (Lipinski definition) is 1. The zero-order valence-electron chi connectivity index (χ0n) is 14.6. The molecule has 7 nitrogen and oxygen atoms in total. The number of fused-ring (bicyclic) bond motifs is 1. The molecule has 1 N–H and O–H groups in total. The molecular weight excluding hydrogens is 375 g/mol. The number of nitrogens with zero attached hydrogens (tertiary/aromatic N) is 4. The van der Waals surface area contributed by atoms with Gasteiger partial charge in [0.15, 0.2) is 5.69 Å². The van der Waals surface area contributed by atoms with E-state index in [9.17, 15) is 18.0 Å². The number of carbonyl (C=O) groups is 1. The summed E-state index contributed by atoms with van der Waals surface area (Å²) >= 11 is 0. The molecule has 1 aromatic carbocycles. The van der Waals surface area contributed by atoms with Crippen molar-refractivity contribution in [2.75, 3.05) is 6.61 Å². The van der Waals surface area contributed by atoms with Crippen LogP contribution in [0.2, 0.25) is 0 Å². The molecule has 146 valence electrons. The number of hydrogen-bond acceptors (Lipinski definition) is 4. The van der Waals surface area contributed by atoms with Crippen molar-refractivity contribution < 1.29 is 22.7 Å². The van der Waals surface area contributed by atoms with Crippen LogP contribution in [-0.2, 0) is 30.6 Å². The molecule has 4 rings (SSSR count). The number of halogens is 3. The van der Waals surface area contributed by atoms with Crippen molar-refractivity contribution in [2.24, 2.45) is 0 Å². The first kappa shape index (κ1) is 18.2. The molecule has 0 bridgehead atoms. The number of carbonyl (C=O) groups excluding carboxylic acids is 1. The van der Waals surface area contributed by atoms with E-state index in [-0.39, 0.29) is 12.5 Å². The predicted octanol–water partition coefficient (Wildman–Crippen LogP) is 2.55. The van der Waals surface area contributed by atoms with E-state index in [1.807, 2.05) is 4.57 Å². The second-order valence-corrected chi connectivity index (χ2v) is 6.26. The molecule has 3 aromatic rings. The van der Waals surface area contributed by atoms with Gasteiger partial charge in [0.2, 0.25) is 0 Å². The monoisotopic (exact) mass is 391 g/mol. The van der Waals surface area contributed by atoms with Crippen LogP contribution >= 0.6 is 0 Å². The molecule has 0 spiro atoms. The maximum Gasteiger partial charge on any atom is 0.435 e. The van der Waals surface area contributed by atoms with Gasteiger partial charge in [0.1, 0.15) is 18.1 Å². The standard InChI is InChI=1S/C18H16F3N5O2/c19-18(20,21)15-5-6-26(24-15)13-3-1-12(2-4-13)9-23-17(27)14-10-22-16-11-28-8-7-25(14)16/h1-6,10H,7-9,11H2,(H,23,27). The van der Waals surface area contributed by atoms with E-state index in [4.69, 9.17) is 4.74 Å². The maximum atomic E-state index is 12.6. The Morgan fingerprint density at radius 2 is 2.00 bits per heavy atom. The highest BCUT2D eigenvalue weighted by Gasteiger charge is 2.33. The third-order valence-electron chi connectivity index (χ3n) is 4.39. The summed E-state index contributed by atoms with van der Waals surface area (Å²) < 4.78 is 46.2. The van der Waals surface area contributed by atoms with Crippen LogP contribution in [0.15, 0.2) is 42.7 Å². The first-order valence-corrected chi connectivity index (χ1v) is 8.54. The molecule has 0 radical (unpaired) electrons. The van der Waals surface area contributed by atoms with Crippen LogP contribution in [0.3, 0.4) is 0 Å². The van der Waals surface area contributed by atoms with Crippen molar-refractivity contribution in [1.29, 1.82) is 0 Å². The van der Waals surface area contributed by atoms with Gasteiger partial charge in [-0.1, -0.05) is 12.1 Å². The lowest BCUT2D eigenvalue weighted by Crippen LogP contribution is -2.28. The Morgan fingerprint density at radius 3 is 2.71 bits per heavy atom. The average molecular weight is 391 g/mol. The molecule has 1 aliphatic rings. The Bertz CT molecular complexity index is 992. The lowest BCUT2D eigenvalue weighted by atomic mass is 10.2. The number of nitrogens with one attached hydrogen (secondary N) is 1. The fourth-order valence-corrected chi connectivity index (χ4v) is 2.94. The molecule has 2 aromatic heterocycles. The number of ether oxygens (including phenoxy) is 1. The molecule has 0 fully saturated rings. The van der Waals surface area contributed by atoms with Gasteiger partial charge in [-0.15, -0.1) is 0 Å². The second-order valence-electron chi connectivity index (χ2n) is 6.26. The smallest absolute Gasteiger partial charge is 0.372 e. The lowest BCUT2D eigenvalue weighted by molar-refractivity contribution is -0.141. The number of imidazole rings is 1. The normalized spacial score (nSPS) is 14.0. The van der Waals surface area contributed by atoms with Gasteiger partial charge in [-0.3, -0.25) is 4.79 Å². The Kier molecular flexibility index (Phi) is 4.63. The van der Waals surface area contributed by atoms with E-state index in [2.05, 4.69) is 15.4 Å². The highest BCUT2D eigenvalue weighted by Crippen LogP contribution is 2.27. The number of alkyl halides is 3. The molecule has 1 amide bonds. The summed E-state index contributed by atoms with van der Waals surface area (Å²) in [7, 11) is 0. The first-order valence-electron chi connectivity index (χ1n) is 8.54. The first-order chi connectivity index (χ1) is 13.4. The zero-order chi connectivity index (χ0) is 19.7. The van der Waals surface area contributed by atoms with E-state index in [1.54, 1.807) is 24.3 Å². The van der Waals surface area contributed by atoms with Crippen molar-refractivity contribution in [2.45, 2.75) is 25.9 Å². The molecular formula is C18H16F3N5O2. The average Bonchev–Trinajstić information content (AvgIpc) is 3.34. The number of amides is 1. The minimum absolute atomic E-state index is 0.244. The van der Waals surface area contributed by atoms with E-state index in [0.29, 0.717) is 31.1 Å². The molecule has 3 heterocycles. The van der Waals surface area contributed by atoms with Crippen LogP contribution in [0.25, 0.3) is 5.69 Å². The quantitative estimate of drug-likeness (QED) is 0.742. The van der Waals surface area contributed by atoms with Crippen LogP contribution in [0.4, 0.5) is 13.2 Å². The van der Waals surface area contributed by atoms with Crippen LogP contribution in [0.1, 0.15) is 27.6 Å². The van der Waals surface area contributed by atoms with Gasteiger partial charge in [-0.2, -0.15) is 18.3 Å². The highest BCUT2D eigenvalue weighted by atomic mass is 19.4. The van der Waals surface area contributed by atoms with Gasteiger partial charge in [0.05, 0.1) is 18.5 Å². The number of rotatable bonds is 4. The van der Waals surface area contributed by atoms with Gasteiger partial charge in [-0.05, 0) is 23.8 Å². The Hall–Kier alpha value is -3.14. The van der Waals surface area contributed by atoms with Gasteiger partial charge in [-0.25, -0.2) is 9.67 Å². The van der Waals surface area contributed by atoms with E-state index in [0.717, 1.165) is 22.1 Å². The fraction of sp³-hybridized carbons (Fsp3) is 0.278. The van der Waals surface area contributed by atoms with E-state index < -0.39 is 11.9 Å². The van der Waals surface area contributed by atoms with Gasteiger partial charge >= 0.3 is 6.18 Å². The summed E-state index contributed by atoms with van der Waals surface area (Å²) in [5.74, 6) is 0.477. The van der Waals surface area contributed by atoms with Crippen LogP contribution in [-0.4, -0.2) is 31.8 Å². The molecule has 0 saturated heterocycles. The van der Waals surface area contributed by atoms with Crippen LogP contribution in [0.5, 0.6) is 0 Å². The number of aromatic nitrogens is 4. The molecule has 28 heavy (non-hydrogen) atoms. The summed E-state index contributed by atoms with van der Waals surface area (Å²) in [4.78, 5) is 16.6. The largest absolute Gasteiger partial charge is 0.435 e. The van der Waals surface area contributed by atoms with E-state index in [1.165, 1.54) is 12.4 Å². The number of benzene rings is 1. The summed E-state index contributed by atoms with van der Waals surface area (Å²) in [5, 5.41) is 6.36. The molecule has 0 saturated carbocycles. The Labute approximate surface area is 157 Å². The topological polar surface area (TPSA) is 74.0 Å². The van der Waals surface area contributed by atoms with Crippen LogP contribution < -0.4 is 5.32 Å². The maximum absolute atomic E-state index is 12.6. The Balaban J connectivity index is 1.40. The minimum atomic E-state index is -4.48. The van der Waals surface area contributed by atoms with Crippen molar-refractivity contribution in [3.63, 3.8) is 0 Å². The van der Waals surface area contributed by atoms with E-state index >= 15 is 0 Å². The summed E-state index contributed by atoms with van der Waals surface area (Å²) in [5.41, 5.74) is 0.835. The van der Waals surface area contributed by atoms with Crippen LogP contribution in [0, 0.1) is 0 Å². The third-order valence-corrected chi connectivity index (χ3v) is 4.39. The van der Waals surface area contributed by atoms with Crippen molar-refractivity contribution in [3.8, 4) is 5.69 Å². The minimum Gasteiger partial charge on any atom is -0.372 e. The lowest BCUT2D eigenvalue weighted by Gasteiger charge is -2.16. The highest BCUT2D eigenvalue weighted by molar-refractivity contribution is 5.92. The van der Waals surface area contributed by atoms with Crippen molar-refractivity contribution in [3.05, 3.63) is 65.5 Å². The molecule has 10 heteroatoms. The molecule has 0 aliphatic carbocycles. The fourth-order valence-electron chi connectivity index (χ4n) is 2.94. The summed E-state index contributed by atoms with van der Waals surface area (Å²) in [6.07, 6.45) is -1.70. The third kappa shape index (κ3) is 3.63. The summed E-state index contributed by atoms with van der Waals surface area (Å²) in [6.45, 7) is 1.78.